The number of halogens is 2. The van der Waals surface area contributed by atoms with E-state index in [1.165, 1.54) is 21.5 Å². The van der Waals surface area contributed by atoms with Gasteiger partial charge in [0.2, 0.25) is 11.0 Å². The van der Waals surface area contributed by atoms with Gasteiger partial charge in [0.1, 0.15) is 15.9 Å². The summed E-state index contributed by atoms with van der Waals surface area (Å²) in [6, 6.07) is 50.5. The molecule has 44 heavy (non-hydrogen) atoms. The van der Waals surface area contributed by atoms with E-state index in [-0.39, 0.29) is 0 Å². The predicted molar refractivity (Wildman–Crippen MR) is 168 cm³/mol. The van der Waals surface area contributed by atoms with Crippen molar-refractivity contribution in [2.75, 3.05) is 0 Å². The summed E-state index contributed by atoms with van der Waals surface area (Å²) in [6.07, 6.45) is 0. The highest BCUT2D eigenvalue weighted by Gasteiger charge is 2.52. The number of hydrogen-bond donors (Lipinski definition) is 0. The molecule has 6 rings (SSSR count). The van der Waals surface area contributed by atoms with Crippen molar-refractivity contribution in [3.63, 3.8) is 0 Å². The van der Waals surface area contributed by atoms with E-state index in [9.17, 15) is 0 Å². The Hall–Kier alpha value is -3.49. The summed E-state index contributed by atoms with van der Waals surface area (Å²) in [4.78, 5) is 5.34. The second kappa shape index (κ2) is 14.5. The summed E-state index contributed by atoms with van der Waals surface area (Å²) in [5.41, 5.74) is 3.12. The molecule has 0 saturated heterocycles. The van der Waals surface area contributed by atoms with E-state index < -0.39 is 17.5 Å². The Morgan fingerprint density at radius 2 is 1.02 bits per heavy atom. The second-order valence-electron chi connectivity index (χ2n) is 9.47. The molecule has 0 N–H and O–H groups in total. The third-order valence-corrected chi connectivity index (χ3v) is 12.2. The maximum atomic E-state index is 8.49. The molecule has 0 aliphatic heterocycles. The van der Waals surface area contributed by atoms with Crippen LogP contribution in [-0.4, -0.2) is 4.98 Å². The minimum atomic E-state index is -4.94. The molecule has 0 fully saturated rings. The maximum Gasteiger partial charge on any atom is 0.251 e. The third kappa shape index (κ3) is 7.77. The van der Waals surface area contributed by atoms with Gasteiger partial charge in [-0.3, -0.25) is 0 Å². The van der Waals surface area contributed by atoms with Gasteiger partial charge >= 0.3 is 0 Å². The van der Waals surface area contributed by atoms with Crippen LogP contribution in [-0.2, 0) is 5.75 Å². The lowest BCUT2D eigenvalue weighted by molar-refractivity contribution is -2.00. The van der Waals surface area contributed by atoms with Crippen LogP contribution in [0.5, 0.6) is 0 Å². The van der Waals surface area contributed by atoms with Crippen LogP contribution in [0, 0.1) is 10.2 Å². The van der Waals surface area contributed by atoms with Gasteiger partial charge in [0.05, 0.1) is 0 Å². The van der Waals surface area contributed by atoms with E-state index in [0.29, 0.717) is 10.9 Å². The van der Waals surface area contributed by atoms with Crippen molar-refractivity contribution in [2.24, 2.45) is 0 Å². The molecular formula is C34H26Cl2NO5PS. The van der Waals surface area contributed by atoms with Gasteiger partial charge in [-0.05, 0) is 66.2 Å². The average Bonchev–Trinajstić information content (AvgIpc) is 3.46. The summed E-state index contributed by atoms with van der Waals surface area (Å²) in [7, 11) is -7.37. The third-order valence-electron chi connectivity index (χ3n) is 6.63. The van der Waals surface area contributed by atoms with E-state index in [2.05, 4.69) is 115 Å². The Morgan fingerprint density at radius 1 is 0.614 bits per heavy atom. The van der Waals surface area contributed by atoms with E-state index in [4.69, 9.17) is 39.6 Å². The minimum absolute atomic E-state index is 0.601. The zero-order valence-electron chi connectivity index (χ0n) is 23.2. The van der Waals surface area contributed by atoms with Crippen LogP contribution in [0.25, 0.3) is 11.5 Å². The Bertz CT molecular complexity index is 1650. The molecule has 6 aromatic rings. The first kappa shape index (κ1) is 31.9. The number of nitrogens with zero attached hydrogens (tertiary/aromatic N) is 1. The van der Waals surface area contributed by atoms with Crippen molar-refractivity contribution >= 4 is 52.0 Å². The first-order valence-corrected chi connectivity index (χ1v) is 17.8. The average molecular weight is 663 g/mol. The predicted octanol–water partition coefficient (Wildman–Crippen LogP) is 3.15. The number of benzene rings is 5. The highest BCUT2D eigenvalue weighted by atomic mass is 35.7. The van der Waals surface area contributed by atoms with Gasteiger partial charge in [-0.25, -0.2) is 18.6 Å². The monoisotopic (exact) mass is 661 g/mol. The van der Waals surface area contributed by atoms with Gasteiger partial charge < -0.3 is 4.42 Å². The van der Waals surface area contributed by atoms with Crippen LogP contribution >= 0.6 is 30.6 Å². The minimum Gasteiger partial charge on any atom is -0.425 e. The molecular weight excluding hydrogens is 636 g/mol. The SMILES string of the molecule is Clc1ccc(-c2nc([P+](c3ccccc3)(c3ccccc3)c3ccccc3)c(SCc3ccccc3)o2)cc1.[O-][Cl+3]([O-])([O-])[O-]. The summed E-state index contributed by atoms with van der Waals surface area (Å²) < 4.78 is 40.6. The van der Waals surface area contributed by atoms with Crippen molar-refractivity contribution in [1.82, 2.24) is 4.98 Å². The Morgan fingerprint density at radius 3 is 1.45 bits per heavy atom. The van der Waals surface area contributed by atoms with Gasteiger partial charge in [0.15, 0.2) is 7.26 Å². The molecule has 10 heteroatoms. The lowest BCUT2D eigenvalue weighted by Gasteiger charge is -2.25. The molecule has 0 bridgehead atoms. The summed E-state index contributed by atoms with van der Waals surface area (Å²) in [6.45, 7) is 0. The quantitative estimate of drug-likeness (QED) is 0.182. The lowest BCUT2D eigenvalue weighted by atomic mass is 10.2. The highest BCUT2D eigenvalue weighted by Crippen LogP contribution is 2.56. The lowest BCUT2D eigenvalue weighted by Crippen LogP contribution is -2.68. The molecule has 0 spiro atoms. The Balaban J connectivity index is 0.000000712. The molecule has 6 nitrogen and oxygen atoms in total. The normalized spacial score (nSPS) is 11.5. The standard InChI is InChI=1S/C34H26ClNOPS.ClHO4/c35-28-23-21-27(22-24-28)32-36-33(34(37-32)39-25-26-13-5-1-6-14-26)38(29-15-7-2-8-16-29,30-17-9-3-10-18-30)31-19-11-4-12-20-31;2-1(3,4)5/h1-24H,25H2;(H,2,3,4,5)/q+1;/p-1. The Labute approximate surface area is 267 Å². The van der Waals surface area contributed by atoms with Crippen molar-refractivity contribution in [1.29, 1.82) is 0 Å². The van der Waals surface area contributed by atoms with Crippen LogP contribution in [0.15, 0.2) is 155 Å². The number of hydrogen-bond acceptors (Lipinski definition) is 7. The van der Waals surface area contributed by atoms with Crippen LogP contribution in [0.3, 0.4) is 0 Å². The molecule has 0 amide bonds. The summed E-state index contributed by atoms with van der Waals surface area (Å²) >= 11 is 7.92. The van der Waals surface area contributed by atoms with E-state index in [1.54, 1.807) is 11.8 Å². The molecule has 0 aliphatic carbocycles. The molecule has 222 valence electrons. The molecule has 0 unspecified atom stereocenters. The van der Waals surface area contributed by atoms with Gasteiger partial charge in [0.25, 0.3) is 5.44 Å². The van der Waals surface area contributed by atoms with Crippen molar-refractivity contribution < 1.29 is 33.3 Å². The maximum absolute atomic E-state index is 8.49. The highest BCUT2D eigenvalue weighted by molar-refractivity contribution is 8.04. The molecule has 1 heterocycles. The molecule has 0 saturated carbocycles. The first-order valence-electron chi connectivity index (χ1n) is 13.4. The van der Waals surface area contributed by atoms with E-state index in [1.807, 2.05) is 30.3 Å². The molecule has 0 aliphatic rings. The zero-order valence-corrected chi connectivity index (χ0v) is 26.4. The van der Waals surface area contributed by atoms with Gasteiger partial charge in [-0.1, -0.05) is 108 Å². The fraction of sp³-hybridized carbons (Fsp3) is 0.0294. The number of aromatic nitrogens is 1. The van der Waals surface area contributed by atoms with Gasteiger partial charge in [-0.15, -0.1) is 10.2 Å². The molecule has 5 aromatic carbocycles. The topological polar surface area (TPSA) is 118 Å². The van der Waals surface area contributed by atoms with Crippen LogP contribution in [0.4, 0.5) is 0 Å². The smallest absolute Gasteiger partial charge is 0.251 e. The first-order chi connectivity index (χ1) is 21.2. The van der Waals surface area contributed by atoms with E-state index in [0.717, 1.165) is 21.8 Å². The second-order valence-corrected chi connectivity index (χ2v) is 14.9. The number of rotatable bonds is 8. The zero-order chi connectivity index (χ0) is 31.0. The van der Waals surface area contributed by atoms with Crippen molar-refractivity contribution in [2.45, 2.75) is 10.8 Å². The van der Waals surface area contributed by atoms with Crippen LogP contribution in [0.1, 0.15) is 5.56 Å². The van der Waals surface area contributed by atoms with E-state index >= 15 is 0 Å². The van der Waals surface area contributed by atoms with Crippen molar-refractivity contribution in [3.8, 4) is 11.5 Å². The van der Waals surface area contributed by atoms with Crippen LogP contribution < -0.4 is 40.0 Å². The molecule has 1 aromatic heterocycles. The number of thioether (sulfide) groups is 1. The molecule has 0 radical (unpaired) electrons. The van der Waals surface area contributed by atoms with Gasteiger partial charge in [-0.2, -0.15) is 4.98 Å². The largest absolute Gasteiger partial charge is 0.425 e. The summed E-state index contributed by atoms with van der Waals surface area (Å²) in [5, 5.41) is 5.23. The summed E-state index contributed by atoms with van der Waals surface area (Å²) in [5.74, 6) is 1.38. The fourth-order valence-electron chi connectivity index (χ4n) is 4.81. The van der Waals surface area contributed by atoms with Crippen LogP contribution in [0.2, 0.25) is 5.02 Å². The van der Waals surface area contributed by atoms with Crippen molar-refractivity contribution in [3.05, 3.63) is 156 Å². The van der Waals surface area contributed by atoms with Gasteiger partial charge in [0, 0.05) is 16.3 Å². The Kier molecular flexibility index (Phi) is 10.5. The molecule has 0 atom stereocenters. The fourth-order valence-corrected chi connectivity index (χ4v) is 10.4. The number of oxazole rings is 1.